The van der Waals surface area contributed by atoms with Gasteiger partial charge in [0.15, 0.2) is 6.61 Å². The zero-order valence-corrected chi connectivity index (χ0v) is 16.4. The SMILES string of the molecule is O=C(COc1ccc([N+](=O)[O-])cc1)Nc1ccc(N2CCc3sccc3C2)cc1. The number of ether oxygens (including phenoxy) is 1. The molecule has 29 heavy (non-hydrogen) atoms. The number of nitro groups is 1. The molecule has 0 unspecified atom stereocenters. The number of nitro benzene ring substituents is 1. The molecule has 0 bridgehead atoms. The number of carbonyl (C=O) groups excluding carboxylic acids is 1. The topological polar surface area (TPSA) is 84.7 Å². The van der Waals surface area contributed by atoms with Crippen LogP contribution in [0, 0.1) is 10.1 Å². The molecule has 0 spiro atoms. The first-order chi connectivity index (χ1) is 14.1. The lowest BCUT2D eigenvalue weighted by Gasteiger charge is -2.29. The van der Waals surface area contributed by atoms with Crippen molar-refractivity contribution in [3.8, 4) is 5.75 Å². The molecule has 0 aliphatic carbocycles. The Labute approximate surface area is 171 Å². The standard InChI is InChI=1S/C21H19N3O4S/c25-21(14-28-19-7-5-18(6-8-19)24(26)27)22-16-1-3-17(4-2-16)23-11-9-20-15(13-23)10-12-29-20/h1-8,10,12H,9,11,13-14H2,(H,22,25). The van der Waals surface area contributed by atoms with Crippen molar-refractivity contribution in [2.45, 2.75) is 13.0 Å². The summed E-state index contributed by atoms with van der Waals surface area (Å²) in [4.78, 5) is 26.1. The maximum absolute atomic E-state index is 12.1. The molecule has 4 rings (SSSR count). The summed E-state index contributed by atoms with van der Waals surface area (Å²) in [6, 6.07) is 15.6. The summed E-state index contributed by atoms with van der Waals surface area (Å²) in [5, 5.41) is 15.6. The van der Waals surface area contributed by atoms with Crippen LogP contribution in [0.5, 0.6) is 5.75 Å². The molecule has 1 N–H and O–H groups in total. The van der Waals surface area contributed by atoms with Crippen LogP contribution in [-0.4, -0.2) is 24.0 Å². The van der Waals surface area contributed by atoms with Gasteiger partial charge in [0.2, 0.25) is 0 Å². The summed E-state index contributed by atoms with van der Waals surface area (Å²) in [6.45, 7) is 1.72. The van der Waals surface area contributed by atoms with Gasteiger partial charge in [-0.2, -0.15) is 0 Å². The van der Waals surface area contributed by atoms with Gasteiger partial charge in [-0.15, -0.1) is 11.3 Å². The van der Waals surface area contributed by atoms with E-state index in [0.29, 0.717) is 11.4 Å². The van der Waals surface area contributed by atoms with E-state index in [4.69, 9.17) is 4.74 Å². The van der Waals surface area contributed by atoms with Crippen molar-refractivity contribution >= 4 is 34.3 Å². The molecule has 148 valence electrons. The third-order valence-electron chi connectivity index (χ3n) is 4.74. The Hall–Kier alpha value is -3.39. The summed E-state index contributed by atoms with van der Waals surface area (Å²) in [7, 11) is 0. The summed E-state index contributed by atoms with van der Waals surface area (Å²) in [5.74, 6) is 0.107. The number of benzene rings is 2. The number of nitrogens with zero attached hydrogens (tertiary/aromatic N) is 2. The highest BCUT2D eigenvalue weighted by Gasteiger charge is 2.17. The zero-order valence-electron chi connectivity index (χ0n) is 15.5. The number of non-ortho nitro benzene ring substituents is 1. The molecule has 2 aromatic carbocycles. The summed E-state index contributed by atoms with van der Waals surface area (Å²) < 4.78 is 5.38. The molecule has 1 amide bonds. The lowest BCUT2D eigenvalue weighted by Crippen LogP contribution is -2.29. The molecule has 0 saturated carbocycles. The predicted octanol–water partition coefficient (Wildman–Crippen LogP) is 4.24. The average Bonchev–Trinajstić information content (AvgIpc) is 3.21. The summed E-state index contributed by atoms with van der Waals surface area (Å²) >= 11 is 1.82. The van der Waals surface area contributed by atoms with Crippen molar-refractivity contribution in [2.24, 2.45) is 0 Å². The van der Waals surface area contributed by atoms with Gasteiger partial charge in [0, 0.05) is 41.5 Å². The van der Waals surface area contributed by atoms with E-state index in [0.717, 1.165) is 25.2 Å². The van der Waals surface area contributed by atoms with Crippen LogP contribution in [0.3, 0.4) is 0 Å². The molecule has 7 nitrogen and oxygen atoms in total. The van der Waals surface area contributed by atoms with Gasteiger partial charge >= 0.3 is 0 Å². The maximum Gasteiger partial charge on any atom is 0.269 e. The van der Waals surface area contributed by atoms with Gasteiger partial charge < -0.3 is 15.0 Å². The molecule has 1 aliphatic rings. The normalized spacial score (nSPS) is 12.9. The highest BCUT2D eigenvalue weighted by Crippen LogP contribution is 2.28. The second-order valence-electron chi connectivity index (χ2n) is 6.68. The number of amides is 1. The number of nitrogens with one attached hydrogen (secondary N) is 1. The first-order valence-corrected chi connectivity index (χ1v) is 10.0. The van der Waals surface area contributed by atoms with Crippen LogP contribution < -0.4 is 15.0 Å². The van der Waals surface area contributed by atoms with Crippen LogP contribution in [0.25, 0.3) is 0 Å². The van der Waals surface area contributed by atoms with Crippen molar-refractivity contribution in [1.29, 1.82) is 0 Å². The molecule has 8 heteroatoms. The Kier molecular flexibility index (Phi) is 5.44. The van der Waals surface area contributed by atoms with E-state index < -0.39 is 4.92 Å². The second kappa shape index (κ2) is 8.32. The minimum atomic E-state index is -0.483. The van der Waals surface area contributed by atoms with Gasteiger partial charge in [0.25, 0.3) is 11.6 Å². The smallest absolute Gasteiger partial charge is 0.269 e. The summed E-state index contributed by atoms with van der Waals surface area (Å²) in [5.41, 5.74) is 3.19. The van der Waals surface area contributed by atoms with E-state index in [1.165, 1.54) is 34.7 Å². The third kappa shape index (κ3) is 4.55. The second-order valence-corrected chi connectivity index (χ2v) is 7.68. The molecule has 2 heterocycles. The van der Waals surface area contributed by atoms with Crippen LogP contribution in [0.15, 0.2) is 60.0 Å². The molecule has 0 atom stereocenters. The number of carbonyl (C=O) groups is 1. The van der Waals surface area contributed by atoms with Crippen LogP contribution in [-0.2, 0) is 17.8 Å². The van der Waals surface area contributed by atoms with Gasteiger partial charge in [-0.3, -0.25) is 14.9 Å². The molecule has 0 radical (unpaired) electrons. The lowest BCUT2D eigenvalue weighted by molar-refractivity contribution is -0.384. The van der Waals surface area contributed by atoms with Crippen molar-refractivity contribution in [2.75, 3.05) is 23.4 Å². The van der Waals surface area contributed by atoms with Crippen molar-refractivity contribution in [1.82, 2.24) is 0 Å². The van der Waals surface area contributed by atoms with Crippen LogP contribution >= 0.6 is 11.3 Å². The Morgan fingerprint density at radius 1 is 1.14 bits per heavy atom. The van der Waals surface area contributed by atoms with Crippen molar-refractivity contribution < 1.29 is 14.5 Å². The Balaban J connectivity index is 1.29. The monoisotopic (exact) mass is 409 g/mol. The third-order valence-corrected chi connectivity index (χ3v) is 5.76. The van der Waals surface area contributed by atoms with E-state index in [1.54, 1.807) is 0 Å². The minimum Gasteiger partial charge on any atom is -0.484 e. The molecule has 0 fully saturated rings. The number of hydrogen-bond acceptors (Lipinski definition) is 6. The maximum atomic E-state index is 12.1. The number of anilines is 2. The first-order valence-electron chi connectivity index (χ1n) is 9.16. The van der Waals surface area contributed by atoms with E-state index in [9.17, 15) is 14.9 Å². The van der Waals surface area contributed by atoms with Crippen molar-refractivity contribution in [3.05, 3.63) is 80.5 Å². The van der Waals surface area contributed by atoms with Gasteiger partial charge in [0.05, 0.1) is 4.92 Å². The summed E-state index contributed by atoms with van der Waals surface area (Å²) in [6.07, 6.45) is 1.06. The minimum absolute atomic E-state index is 0.0224. The largest absolute Gasteiger partial charge is 0.484 e. The number of rotatable bonds is 6. The fourth-order valence-electron chi connectivity index (χ4n) is 3.23. The van der Waals surface area contributed by atoms with Gasteiger partial charge in [0.1, 0.15) is 5.75 Å². The number of hydrogen-bond donors (Lipinski definition) is 1. The zero-order chi connectivity index (χ0) is 20.2. The molecule has 1 aromatic heterocycles. The fourth-order valence-corrected chi connectivity index (χ4v) is 4.12. The quantitative estimate of drug-likeness (QED) is 0.486. The fraction of sp³-hybridized carbons (Fsp3) is 0.190. The highest BCUT2D eigenvalue weighted by atomic mass is 32.1. The molecule has 3 aromatic rings. The van der Waals surface area contributed by atoms with Crippen LogP contribution in [0.4, 0.5) is 17.1 Å². The Bertz CT molecular complexity index is 1020. The van der Waals surface area contributed by atoms with E-state index in [1.807, 2.05) is 35.6 Å². The molecular formula is C21H19N3O4S. The highest BCUT2D eigenvalue weighted by molar-refractivity contribution is 7.10. The van der Waals surface area contributed by atoms with E-state index >= 15 is 0 Å². The number of thiophene rings is 1. The Morgan fingerprint density at radius 3 is 2.62 bits per heavy atom. The van der Waals surface area contributed by atoms with E-state index in [-0.39, 0.29) is 18.2 Å². The molecular weight excluding hydrogens is 390 g/mol. The predicted molar refractivity (Wildman–Crippen MR) is 113 cm³/mol. The first kappa shape index (κ1) is 18.9. The van der Waals surface area contributed by atoms with Gasteiger partial charge in [-0.25, -0.2) is 0 Å². The van der Waals surface area contributed by atoms with E-state index in [2.05, 4.69) is 21.7 Å². The average molecular weight is 409 g/mol. The van der Waals surface area contributed by atoms with Gasteiger partial charge in [-0.05, 0) is 59.8 Å². The molecule has 1 aliphatic heterocycles. The van der Waals surface area contributed by atoms with Crippen LogP contribution in [0.2, 0.25) is 0 Å². The Morgan fingerprint density at radius 2 is 1.90 bits per heavy atom. The lowest BCUT2D eigenvalue weighted by atomic mass is 10.1. The number of fused-ring (bicyclic) bond motifs is 1. The van der Waals surface area contributed by atoms with Crippen LogP contribution in [0.1, 0.15) is 10.4 Å². The van der Waals surface area contributed by atoms with Gasteiger partial charge in [-0.1, -0.05) is 0 Å². The molecule has 0 saturated heterocycles. The van der Waals surface area contributed by atoms with Crippen molar-refractivity contribution in [3.63, 3.8) is 0 Å².